The topological polar surface area (TPSA) is 62.7 Å². The molecular weight excluding hydrogens is 414 g/mol. The number of carbonyl (C=O) groups is 2. The van der Waals surface area contributed by atoms with Crippen molar-refractivity contribution in [3.05, 3.63) is 95.3 Å². The van der Waals surface area contributed by atoms with Crippen LogP contribution in [0.4, 0.5) is 0 Å². The fraction of sp³-hybridized carbons (Fsp3) is 0.208. The number of halogens is 1. The molecule has 1 saturated heterocycles. The van der Waals surface area contributed by atoms with Crippen molar-refractivity contribution in [3.8, 4) is 5.75 Å². The Morgan fingerprint density at radius 1 is 1.06 bits per heavy atom. The lowest BCUT2D eigenvalue weighted by Gasteiger charge is -2.30. The van der Waals surface area contributed by atoms with E-state index in [4.69, 9.17) is 16.3 Å². The largest absolute Gasteiger partial charge is 0.484 e. The molecule has 2 heterocycles. The molecule has 2 atom stereocenters. The van der Waals surface area contributed by atoms with Crippen molar-refractivity contribution in [3.63, 3.8) is 0 Å². The lowest BCUT2D eigenvalue weighted by molar-refractivity contribution is -0.138. The summed E-state index contributed by atoms with van der Waals surface area (Å²) in [5.74, 6) is 0.203. The van der Waals surface area contributed by atoms with E-state index in [1.54, 1.807) is 53.5 Å². The molecule has 0 bridgehead atoms. The van der Waals surface area contributed by atoms with Gasteiger partial charge >= 0.3 is 0 Å². The molecule has 31 heavy (non-hydrogen) atoms. The van der Waals surface area contributed by atoms with Gasteiger partial charge in [-0.15, -0.1) is 0 Å². The molecule has 0 N–H and O–H groups in total. The highest BCUT2D eigenvalue weighted by molar-refractivity contribution is 6.30. The van der Waals surface area contributed by atoms with Crippen molar-refractivity contribution < 1.29 is 14.3 Å². The van der Waals surface area contributed by atoms with E-state index in [0.29, 0.717) is 17.2 Å². The Morgan fingerprint density at radius 2 is 1.81 bits per heavy atom. The highest BCUT2D eigenvalue weighted by Crippen LogP contribution is 2.35. The average Bonchev–Trinajstić information content (AvgIpc) is 3.04. The second-order valence-corrected chi connectivity index (χ2v) is 7.79. The van der Waals surface area contributed by atoms with E-state index < -0.39 is 12.2 Å². The molecule has 0 saturated carbocycles. The Bertz CT molecular complexity index is 1040. The first kappa shape index (κ1) is 20.9. The minimum atomic E-state index is -0.651. The summed E-state index contributed by atoms with van der Waals surface area (Å²) in [7, 11) is 1.71. The first-order valence-corrected chi connectivity index (χ1v) is 10.3. The third-order valence-corrected chi connectivity index (χ3v) is 5.56. The Balaban J connectivity index is 1.64. The fourth-order valence-corrected chi connectivity index (χ4v) is 3.95. The molecule has 1 fully saturated rings. The summed E-state index contributed by atoms with van der Waals surface area (Å²) in [6.45, 7) is -0.168. The molecular formula is C24H22ClN3O3. The second-order valence-electron chi connectivity index (χ2n) is 7.36. The summed E-state index contributed by atoms with van der Waals surface area (Å²) in [6, 6.07) is 19.4. The van der Waals surface area contributed by atoms with Gasteiger partial charge in [0.05, 0.1) is 0 Å². The molecule has 2 amide bonds. The molecule has 2 unspecified atom stereocenters. The Morgan fingerprint density at radius 3 is 2.48 bits per heavy atom. The highest BCUT2D eigenvalue weighted by Gasteiger charge is 2.47. The average molecular weight is 436 g/mol. The number of pyridine rings is 1. The number of hydrogen-bond acceptors (Lipinski definition) is 4. The maximum Gasteiger partial charge on any atom is 0.263 e. The summed E-state index contributed by atoms with van der Waals surface area (Å²) in [5, 5.41) is 0.591. The number of benzene rings is 2. The van der Waals surface area contributed by atoms with E-state index in [9.17, 15) is 9.59 Å². The smallest absolute Gasteiger partial charge is 0.263 e. The third kappa shape index (κ3) is 4.54. The van der Waals surface area contributed by atoms with Gasteiger partial charge in [-0.2, -0.15) is 0 Å². The summed E-state index contributed by atoms with van der Waals surface area (Å²) in [6.07, 6.45) is 3.22. The zero-order valence-electron chi connectivity index (χ0n) is 17.0. The first-order valence-electron chi connectivity index (χ1n) is 9.94. The summed E-state index contributed by atoms with van der Waals surface area (Å²) < 4.78 is 5.70. The van der Waals surface area contributed by atoms with Gasteiger partial charge in [0.15, 0.2) is 6.61 Å². The molecule has 1 aliphatic rings. The standard InChI is InChI=1S/C24H22ClN3O3/c1-27-23(18-9-11-19(25)12-10-18)28(22(29)16-31-20-7-3-2-4-8-20)21(24(27)30)14-17-6-5-13-26-15-17/h2-13,15,21,23H,14,16H2,1H3. The molecule has 6 nitrogen and oxygen atoms in total. The second kappa shape index (κ2) is 9.18. The number of aromatic nitrogens is 1. The Hall–Kier alpha value is -3.38. The molecule has 2 aromatic carbocycles. The van der Waals surface area contributed by atoms with E-state index >= 15 is 0 Å². The molecule has 1 aliphatic heterocycles. The highest BCUT2D eigenvalue weighted by atomic mass is 35.5. The summed E-state index contributed by atoms with van der Waals surface area (Å²) in [5.41, 5.74) is 1.69. The lowest BCUT2D eigenvalue weighted by atomic mass is 10.1. The van der Waals surface area contributed by atoms with Crippen LogP contribution in [-0.2, 0) is 16.0 Å². The minimum Gasteiger partial charge on any atom is -0.484 e. The van der Waals surface area contributed by atoms with Crippen molar-refractivity contribution in [1.29, 1.82) is 0 Å². The van der Waals surface area contributed by atoms with Crippen LogP contribution in [0.25, 0.3) is 0 Å². The van der Waals surface area contributed by atoms with E-state index in [-0.39, 0.29) is 18.4 Å². The van der Waals surface area contributed by atoms with E-state index in [1.165, 1.54) is 0 Å². The number of para-hydroxylation sites is 1. The SMILES string of the molecule is CN1C(=O)C(Cc2cccnc2)N(C(=O)COc2ccccc2)C1c1ccc(Cl)cc1. The Kier molecular flexibility index (Phi) is 6.18. The minimum absolute atomic E-state index is 0.128. The van der Waals surface area contributed by atoms with E-state index in [1.807, 2.05) is 42.5 Å². The number of carbonyl (C=O) groups excluding carboxylic acids is 2. The van der Waals surface area contributed by atoms with Crippen LogP contribution in [0, 0.1) is 0 Å². The number of likely N-dealkylation sites (N-methyl/N-ethyl adjacent to an activating group) is 1. The molecule has 158 valence electrons. The maximum absolute atomic E-state index is 13.3. The van der Waals surface area contributed by atoms with Gasteiger partial charge in [-0.25, -0.2) is 0 Å². The van der Waals surface area contributed by atoms with Crippen LogP contribution in [0.15, 0.2) is 79.1 Å². The fourth-order valence-electron chi connectivity index (χ4n) is 3.83. The first-order chi connectivity index (χ1) is 15.0. The maximum atomic E-state index is 13.3. The van der Waals surface area contributed by atoms with Crippen LogP contribution in [0.2, 0.25) is 5.02 Å². The zero-order chi connectivity index (χ0) is 21.8. The monoisotopic (exact) mass is 435 g/mol. The predicted molar refractivity (Wildman–Crippen MR) is 117 cm³/mol. The number of hydrogen-bond donors (Lipinski definition) is 0. The zero-order valence-corrected chi connectivity index (χ0v) is 17.8. The molecule has 7 heteroatoms. The van der Waals surface area contributed by atoms with Crippen molar-refractivity contribution >= 4 is 23.4 Å². The number of nitrogens with zero attached hydrogens (tertiary/aromatic N) is 3. The van der Waals surface area contributed by atoms with Crippen LogP contribution in [0.5, 0.6) is 5.75 Å². The number of ether oxygens (including phenoxy) is 1. The van der Waals surface area contributed by atoms with Gasteiger partial charge in [0.1, 0.15) is 18.0 Å². The van der Waals surface area contributed by atoms with Crippen molar-refractivity contribution in [2.24, 2.45) is 0 Å². The summed E-state index contributed by atoms with van der Waals surface area (Å²) in [4.78, 5) is 33.9. The van der Waals surface area contributed by atoms with Crippen LogP contribution in [0.1, 0.15) is 17.3 Å². The quantitative estimate of drug-likeness (QED) is 0.592. The van der Waals surface area contributed by atoms with Crippen LogP contribution < -0.4 is 4.74 Å². The van der Waals surface area contributed by atoms with E-state index in [2.05, 4.69) is 4.98 Å². The van der Waals surface area contributed by atoms with E-state index in [0.717, 1.165) is 11.1 Å². The molecule has 0 spiro atoms. The van der Waals surface area contributed by atoms with Gasteiger partial charge < -0.3 is 14.5 Å². The molecule has 0 radical (unpaired) electrons. The normalized spacial score (nSPS) is 18.3. The van der Waals surface area contributed by atoms with Gasteiger partial charge in [-0.3, -0.25) is 14.6 Å². The van der Waals surface area contributed by atoms with Crippen LogP contribution in [0.3, 0.4) is 0 Å². The number of amides is 2. The lowest BCUT2D eigenvalue weighted by Crippen LogP contribution is -2.43. The van der Waals surface area contributed by atoms with Crippen LogP contribution in [-0.4, -0.2) is 46.3 Å². The molecule has 1 aromatic heterocycles. The summed E-state index contributed by atoms with van der Waals surface area (Å²) >= 11 is 6.05. The number of rotatable bonds is 6. The third-order valence-electron chi connectivity index (χ3n) is 5.31. The van der Waals surface area contributed by atoms with Crippen LogP contribution >= 0.6 is 11.6 Å². The van der Waals surface area contributed by atoms with Gasteiger partial charge in [0.25, 0.3) is 5.91 Å². The Labute approximate surface area is 186 Å². The molecule has 4 rings (SSSR count). The van der Waals surface area contributed by atoms with Crippen molar-refractivity contribution in [1.82, 2.24) is 14.8 Å². The predicted octanol–water partition coefficient (Wildman–Crippen LogP) is 3.72. The molecule has 0 aliphatic carbocycles. The molecule has 3 aromatic rings. The van der Waals surface area contributed by atoms with Gasteiger partial charge in [0.2, 0.25) is 5.91 Å². The van der Waals surface area contributed by atoms with Crippen molar-refractivity contribution in [2.45, 2.75) is 18.6 Å². The van der Waals surface area contributed by atoms with Crippen molar-refractivity contribution in [2.75, 3.05) is 13.7 Å². The van der Waals surface area contributed by atoms with Gasteiger partial charge in [-0.05, 0) is 41.5 Å². The van der Waals surface area contributed by atoms with Gasteiger partial charge in [-0.1, -0.05) is 48.0 Å². The van der Waals surface area contributed by atoms with Gasteiger partial charge in [0, 0.05) is 30.9 Å².